The predicted octanol–water partition coefficient (Wildman–Crippen LogP) is 1.19. The van der Waals surface area contributed by atoms with E-state index in [0.29, 0.717) is 18.7 Å². The Bertz CT molecular complexity index is 543. The third-order valence-electron chi connectivity index (χ3n) is 5.23. The van der Waals surface area contributed by atoms with Gasteiger partial charge in [0.05, 0.1) is 6.42 Å². The van der Waals surface area contributed by atoms with E-state index in [4.69, 9.17) is 0 Å². The Kier molecular flexibility index (Phi) is 4.45. The van der Waals surface area contributed by atoms with Crippen LogP contribution in [0.5, 0.6) is 0 Å². The second-order valence-electron chi connectivity index (χ2n) is 6.57. The summed E-state index contributed by atoms with van der Waals surface area (Å²) in [5.41, 5.74) is 0.759. The van der Waals surface area contributed by atoms with E-state index in [1.54, 1.807) is 12.1 Å². The summed E-state index contributed by atoms with van der Waals surface area (Å²) in [6.45, 7) is 3.35. The first-order valence-corrected chi connectivity index (χ1v) is 7.97. The van der Waals surface area contributed by atoms with Gasteiger partial charge in [0.25, 0.3) is 0 Å². The number of piperidine rings is 1. The molecule has 5 heteroatoms. The number of carbonyl (C=O) groups is 1. The van der Waals surface area contributed by atoms with Crippen LogP contribution in [0, 0.1) is 17.2 Å². The van der Waals surface area contributed by atoms with Crippen LogP contribution in [0.15, 0.2) is 24.3 Å². The van der Waals surface area contributed by atoms with Gasteiger partial charge in [0, 0.05) is 25.6 Å². The first-order valence-electron chi connectivity index (χ1n) is 7.97. The Morgan fingerprint density at radius 3 is 2.86 bits per heavy atom. The number of hydrogen-bond donors (Lipinski definition) is 2. The van der Waals surface area contributed by atoms with Gasteiger partial charge < -0.3 is 15.3 Å². The predicted molar refractivity (Wildman–Crippen MR) is 81.8 cm³/mol. The van der Waals surface area contributed by atoms with Crippen molar-refractivity contribution in [3.63, 3.8) is 0 Å². The molecule has 1 unspecified atom stereocenters. The van der Waals surface area contributed by atoms with Crippen LogP contribution in [-0.4, -0.2) is 48.7 Å². The lowest BCUT2D eigenvalue weighted by atomic mass is 9.71. The fourth-order valence-electron chi connectivity index (χ4n) is 3.90. The molecule has 0 aliphatic carbocycles. The largest absolute Gasteiger partial charge is 0.396 e. The van der Waals surface area contributed by atoms with E-state index >= 15 is 0 Å². The third kappa shape index (κ3) is 3.01. The number of likely N-dealkylation sites (tertiary alicyclic amines) is 1. The average Bonchev–Trinajstić information content (AvgIpc) is 2.86. The molecule has 3 rings (SSSR count). The molecule has 1 aromatic rings. The van der Waals surface area contributed by atoms with Crippen molar-refractivity contribution in [2.75, 3.05) is 32.8 Å². The van der Waals surface area contributed by atoms with E-state index in [2.05, 4.69) is 5.32 Å². The highest BCUT2D eigenvalue weighted by molar-refractivity contribution is 5.79. The molecule has 2 aliphatic heterocycles. The van der Waals surface area contributed by atoms with E-state index in [9.17, 15) is 14.3 Å². The molecule has 0 radical (unpaired) electrons. The normalized spacial score (nSPS) is 23.9. The van der Waals surface area contributed by atoms with Crippen molar-refractivity contribution in [2.45, 2.75) is 19.3 Å². The van der Waals surface area contributed by atoms with Gasteiger partial charge in [-0.15, -0.1) is 0 Å². The van der Waals surface area contributed by atoms with Crippen molar-refractivity contribution in [1.29, 1.82) is 0 Å². The summed E-state index contributed by atoms with van der Waals surface area (Å²) in [6, 6.07) is 6.21. The smallest absolute Gasteiger partial charge is 0.227 e. The van der Waals surface area contributed by atoms with Crippen LogP contribution in [0.3, 0.4) is 0 Å². The SMILES string of the molecule is O=C(Cc1cccc(F)c1)N1CC(CO)C2(CCNCC2)C1. The molecular formula is C17H23FN2O2. The lowest BCUT2D eigenvalue weighted by Gasteiger charge is -2.37. The molecule has 22 heavy (non-hydrogen) atoms. The molecular weight excluding hydrogens is 283 g/mol. The van der Waals surface area contributed by atoms with E-state index in [0.717, 1.165) is 25.9 Å². The first kappa shape index (κ1) is 15.4. The molecule has 0 aromatic heterocycles. The minimum Gasteiger partial charge on any atom is -0.396 e. The topological polar surface area (TPSA) is 52.6 Å². The zero-order valence-electron chi connectivity index (χ0n) is 12.7. The summed E-state index contributed by atoms with van der Waals surface area (Å²) < 4.78 is 13.2. The maximum Gasteiger partial charge on any atom is 0.227 e. The number of aliphatic hydroxyl groups is 1. The molecule has 2 saturated heterocycles. The van der Waals surface area contributed by atoms with Gasteiger partial charge in [-0.25, -0.2) is 4.39 Å². The Hall–Kier alpha value is -1.46. The van der Waals surface area contributed by atoms with Crippen LogP contribution in [0.2, 0.25) is 0 Å². The molecule has 0 saturated carbocycles. The lowest BCUT2D eigenvalue weighted by molar-refractivity contribution is -0.130. The monoisotopic (exact) mass is 306 g/mol. The molecule has 2 fully saturated rings. The molecule has 120 valence electrons. The van der Waals surface area contributed by atoms with Gasteiger partial charge in [-0.3, -0.25) is 4.79 Å². The maximum absolute atomic E-state index is 13.2. The number of amides is 1. The van der Waals surface area contributed by atoms with Gasteiger partial charge in [-0.2, -0.15) is 0 Å². The van der Waals surface area contributed by atoms with Crippen molar-refractivity contribution in [2.24, 2.45) is 11.3 Å². The summed E-state index contributed by atoms with van der Waals surface area (Å²) in [4.78, 5) is 14.4. The van der Waals surface area contributed by atoms with Gasteiger partial charge in [0.15, 0.2) is 0 Å². The van der Waals surface area contributed by atoms with Crippen LogP contribution in [0.25, 0.3) is 0 Å². The highest BCUT2D eigenvalue weighted by atomic mass is 19.1. The number of nitrogens with zero attached hydrogens (tertiary/aromatic N) is 1. The van der Waals surface area contributed by atoms with Crippen molar-refractivity contribution in [3.8, 4) is 0 Å². The fourth-order valence-corrected chi connectivity index (χ4v) is 3.90. The van der Waals surface area contributed by atoms with Gasteiger partial charge in [0.1, 0.15) is 5.82 Å². The summed E-state index contributed by atoms with van der Waals surface area (Å²) in [7, 11) is 0. The third-order valence-corrected chi connectivity index (χ3v) is 5.23. The summed E-state index contributed by atoms with van der Waals surface area (Å²) in [5.74, 6) is -0.125. The number of rotatable bonds is 3. The maximum atomic E-state index is 13.2. The van der Waals surface area contributed by atoms with Crippen LogP contribution in [0.1, 0.15) is 18.4 Å². The molecule has 1 spiro atoms. The zero-order valence-corrected chi connectivity index (χ0v) is 12.7. The zero-order chi connectivity index (χ0) is 15.6. The Labute approximate surface area is 130 Å². The van der Waals surface area contributed by atoms with E-state index < -0.39 is 0 Å². The van der Waals surface area contributed by atoms with Crippen molar-refractivity contribution < 1.29 is 14.3 Å². The van der Waals surface area contributed by atoms with Gasteiger partial charge >= 0.3 is 0 Å². The number of aliphatic hydroxyl groups excluding tert-OH is 1. The van der Waals surface area contributed by atoms with Crippen LogP contribution < -0.4 is 5.32 Å². The Morgan fingerprint density at radius 1 is 1.41 bits per heavy atom. The average molecular weight is 306 g/mol. The number of carbonyl (C=O) groups excluding carboxylic acids is 1. The van der Waals surface area contributed by atoms with Gasteiger partial charge in [-0.1, -0.05) is 12.1 Å². The van der Waals surface area contributed by atoms with Gasteiger partial charge in [-0.05, 0) is 49.0 Å². The number of nitrogens with one attached hydrogen (secondary N) is 1. The fraction of sp³-hybridized carbons (Fsp3) is 0.588. The molecule has 1 aromatic carbocycles. The highest BCUT2D eigenvalue weighted by Gasteiger charge is 2.47. The van der Waals surface area contributed by atoms with Crippen molar-refractivity contribution in [3.05, 3.63) is 35.6 Å². The standard InChI is InChI=1S/C17H23FN2O2/c18-15-3-1-2-13(8-15)9-16(22)20-10-14(11-21)17(12-20)4-6-19-7-5-17/h1-3,8,14,19,21H,4-7,9-12H2. The van der Waals surface area contributed by atoms with Crippen molar-refractivity contribution >= 4 is 5.91 Å². The molecule has 2 heterocycles. The quantitative estimate of drug-likeness (QED) is 0.882. The van der Waals surface area contributed by atoms with Crippen LogP contribution in [-0.2, 0) is 11.2 Å². The highest BCUT2D eigenvalue weighted by Crippen LogP contribution is 2.43. The lowest BCUT2D eigenvalue weighted by Crippen LogP contribution is -2.43. The second-order valence-corrected chi connectivity index (χ2v) is 6.57. The van der Waals surface area contributed by atoms with Crippen LogP contribution >= 0.6 is 0 Å². The first-order chi connectivity index (χ1) is 10.6. The van der Waals surface area contributed by atoms with Crippen LogP contribution in [0.4, 0.5) is 4.39 Å². The number of halogens is 1. The van der Waals surface area contributed by atoms with Crippen molar-refractivity contribution in [1.82, 2.24) is 10.2 Å². The number of hydrogen-bond acceptors (Lipinski definition) is 3. The van der Waals surface area contributed by atoms with E-state index in [1.165, 1.54) is 12.1 Å². The summed E-state index contributed by atoms with van der Waals surface area (Å²) in [6.07, 6.45) is 2.23. The molecule has 0 bridgehead atoms. The van der Waals surface area contributed by atoms with E-state index in [-0.39, 0.29) is 36.1 Å². The Balaban J connectivity index is 1.69. The molecule has 1 amide bonds. The van der Waals surface area contributed by atoms with E-state index in [1.807, 2.05) is 4.90 Å². The minimum absolute atomic E-state index is 0.0273. The summed E-state index contributed by atoms with van der Waals surface area (Å²) in [5, 5.41) is 13.0. The Morgan fingerprint density at radius 2 is 2.18 bits per heavy atom. The van der Waals surface area contributed by atoms with Gasteiger partial charge in [0.2, 0.25) is 5.91 Å². The molecule has 1 atom stereocenters. The molecule has 2 aliphatic rings. The number of benzene rings is 1. The molecule has 4 nitrogen and oxygen atoms in total. The summed E-state index contributed by atoms with van der Waals surface area (Å²) >= 11 is 0. The second kappa shape index (κ2) is 6.34. The minimum atomic E-state index is -0.310. The molecule has 2 N–H and O–H groups in total.